The van der Waals surface area contributed by atoms with Crippen LogP contribution >= 0.6 is 0 Å². The Balaban J connectivity index is 2.63. The van der Waals surface area contributed by atoms with Gasteiger partial charge in [-0.3, -0.25) is 0 Å². The molecule has 4 nitrogen and oxygen atoms in total. The lowest BCUT2D eigenvalue weighted by Crippen LogP contribution is -2.26. The third-order valence-electron chi connectivity index (χ3n) is 3.77. The number of rotatable bonds is 6. The van der Waals surface area contributed by atoms with Crippen molar-refractivity contribution in [2.24, 2.45) is 0 Å². The number of aromatic nitrogens is 2. The maximum Gasteiger partial charge on any atom is 0.159 e. The zero-order valence-corrected chi connectivity index (χ0v) is 12.9. The van der Waals surface area contributed by atoms with Gasteiger partial charge in [0, 0.05) is 37.0 Å². The highest BCUT2D eigenvalue weighted by Crippen LogP contribution is 2.30. The Morgan fingerprint density at radius 3 is 1.35 bits per heavy atom. The third kappa shape index (κ3) is 2.55. The molecule has 0 saturated carbocycles. The van der Waals surface area contributed by atoms with E-state index < -0.39 is 0 Å². The van der Waals surface area contributed by atoms with Crippen molar-refractivity contribution in [3.05, 3.63) is 24.3 Å². The first-order valence-electron chi connectivity index (χ1n) is 7.52. The second-order valence-electron chi connectivity index (χ2n) is 4.74. The highest BCUT2D eigenvalue weighted by molar-refractivity contribution is 5.98. The average molecular weight is 272 g/mol. The fourth-order valence-corrected chi connectivity index (χ4v) is 2.59. The number of hydrogen-bond donors (Lipinski definition) is 0. The van der Waals surface area contributed by atoms with E-state index in [1.54, 1.807) is 0 Å². The summed E-state index contributed by atoms with van der Waals surface area (Å²) in [6, 6.07) is 8.43. The summed E-state index contributed by atoms with van der Waals surface area (Å²) in [6.45, 7) is 12.4. The van der Waals surface area contributed by atoms with Crippen molar-refractivity contribution in [1.29, 1.82) is 0 Å². The molecular formula is C16H24N4. The molecule has 0 fully saturated rings. The van der Waals surface area contributed by atoms with E-state index in [4.69, 9.17) is 0 Å². The normalized spacial score (nSPS) is 10.8. The minimum absolute atomic E-state index is 0.944. The molecule has 0 atom stereocenters. The van der Waals surface area contributed by atoms with Gasteiger partial charge in [0.05, 0.1) is 0 Å². The van der Waals surface area contributed by atoms with E-state index in [1.807, 2.05) is 0 Å². The maximum atomic E-state index is 4.50. The molecule has 2 aromatic rings. The SMILES string of the molecule is CCN(CC)c1nnc(N(CC)CC)c2ccccc12. The Kier molecular flexibility index (Phi) is 4.77. The van der Waals surface area contributed by atoms with E-state index >= 15 is 0 Å². The molecule has 0 bridgehead atoms. The molecule has 0 unspecified atom stereocenters. The summed E-state index contributed by atoms with van der Waals surface area (Å²) >= 11 is 0. The fourth-order valence-electron chi connectivity index (χ4n) is 2.59. The molecule has 0 aliphatic carbocycles. The van der Waals surface area contributed by atoms with Crippen molar-refractivity contribution in [3.8, 4) is 0 Å². The van der Waals surface area contributed by atoms with Gasteiger partial charge in [-0.2, -0.15) is 0 Å². The zero-order valence-electron chi connectivity index (χ0n) is 12.9. The Hall–Kier alpha value is -1.84. The van der Waals surface area contributed by atoms with Gasteiger partial charge in [0.15, 0.2) is 11.6 Å². The van der Waals surface area contributed by atoms with E-state index in [2.05, 4.69) is 72.0 Å². The molecular weight excluding hydrogens is 248 g/mol. The summed E-state index contributed by atoms with van der Waals surface area (Å²) in [5.74, 6) is 1.98. The van der Waals surface area contributed by atoms with Crippen LogP contribution in [0, 0.1) is 0 Å². The molecule has 20 heavy (non-hydrogen) atoms. The molecule has 0 saturated heterocycles. The highest BCUT2D eigenvalue weighted by atomic mass is 15.3. The molecule has 0 aliphatic rings. The van der Waals surface area contributed by atoms with Crippen LogP contribution in [-0.4, -0.2) is 36.4 Å². The van der Waals surface area contributed by atoms with Crippen LogP contribution in [0.4, 0.5) is 11.6 Å². The van der Waals surface area contributed by atoms with Crippen LogP contribution in [-0.2, 0) is 0 Å². The predicted octanol–water partition coefficient (Wildman–Crippen LogP) is 3.32. The van der Waals surface area contributed by atoms with Gasteiger partial charge in [-0.25, -0.2) is 0 Å². The summed E-state index contributed by atoms with van der Waals surface area (Å²) in [5.41, 5.74) is 0. The molecule has 108 valence electrons. The summed E-state index contributed by atoms with van der Waals surface area (Å²) < 4.78 is 0. The lowest BCUT2D eigenvalue weighted by Gasteiger charge is -2.25. The van der Waals surface area contributed by atoms with E-state index in [0.29, 0.717) is 0 Å². The summed E-state index contributed by atoms with van der Waals surface area (Å²) in [5, 5.41) is 11.4. The molecule has 2 rings (SSSR count). The van der Waals surface area contributed by atoms with Crippen LogP contribution < -0.4 is 9.80 Å². The average Bonchev–Trinajstić information content (AvgIpc) is 2.51. The Morgan fingerprint density at radius 2 is 1.05 bits per heavy atom. The first-order valence-corrected chi connectivity index (χ1v) is 7.52. The first kappa shape index (κ1) is 14.6. The van der Waals surface area contributed by atoms with Gasteiger partial charge in [-0.15, -0.1) is 10.2 Å². The van der Waals surface area contributed by atoms with E-state index in [0.717, 1.165) is 37.8 Å². The molecule has 0 spiro atoms. The van der Waals surface area contributed by atoms with Crippen molar-refractivity contribution in [1.82, 2.24) is 10.2 Å². The fraction of sp³-hybridized carbons (Fsp3) is 0.500. The van der Waals surface area contributed by atoms with E-state index in [1.165, 1.54) is 10.8 Å². The smallest absolute Gasteiger partial charge is 0.159 e. The third-order valence-corrected chi connectivity index (χ3v) is 3.77. The Morgan fingerprint density at radius 1 is 0.700 bits per heavy atom. The monoisotopic (exact) mass is 272 g/mol. The molecule has 0 amide bonds. The minimum Gasteiger partial charge on any atom is -0.355 e. The van der Waals surface area contributed by atoms with Gasteiger partial charge in [0.2, 0.25) is 0 Å². The summed E-state index contributed by atoms with van der Waals surface area (Å²) in [6.07, 6.45) is 0. The van der Waals surface area contributed by atoms with E-state index in [-0.39, 0.29) is 0 Å². The summed E-state index contributed by atoms with van der Waals surface area (Å²) in [4.78, 5) is 4.50. The van der Waals surface area contributed by atoms with Gasteiger partial charge in [-0.1, -0.05) is 24.3 Å². The van der Waals surface area contributed by atoms with E-state index in [9.17, 15) is 0 Å². The number of hydrogen-bond acceptors (Lipinski definition) is 4. The van der Waals surface area contributed by atoms with Gasteiger partial charge in [-0.05, 0) is 27.7 Å². The lowest BCUT2D eigenvalue weighted by atomic mass is 10.1. The van der Waals surface area contributed by atoms with Crippen molar-refractivity contribution in [2.45, 2.75) is 27.7 Å². The highest BCUT2D eigenvalue weighted by Gasteiger charge is 2.15. The summed E-state index contributed by atoms with van der Waals surface area (Å²) in [7, 11) is 0. The molecule has 0 aliphatic heterocycles. The molecule has 1 heterocycles. The lowest BCUT2D eigenvalue weighted by molar-refractivity contribution is 0.806. The minimum atomic E-state index is 0.944. The second-order valence-corrected chi connectivity index (χ2v) is 4.74. The van der Waals surface area contributed by atoms with Crippen LogP contribution in [0.1, 0.15) is 27.7 Å². The number of fused-ring (bicyclic) bond motifs is 1. The van der Waals surface area contributed by atoms with Crippen LogP contribution in [0.5, 0.6) is 0 Å². The standard InChI is InChI=1S/C16H24N4/c1-5-19(6-2)15-13-11-9-10-12-14(13)16(18-17-15)20(7-3)8-4/h9-12H,5-8H2,1-4H3. The van der Waals surface area contributed by atoms with Crippen LogP contribution in [0.3, 0.4) is 0 Å². The maximum absolute atomic E-state index is 4.50. The Bertz CT molecular complexity index is 509. The first-order chi connectivity index (χ1) is 9.76. The van der Waals surface area contributed by atoms with Crippen molar-refractivity contribution < 1.29 is 0 Å². The van der Waals surface area contributed by atoms with Crippen molar-refractivity contribution in [2.75, 3.05) is 36.0 Å². The van der Waals surface area contributed by atoms with Gasteiger partial charge < -0.3 is 9.80 Å². The topological polar surface area (TPSA) is 32.3 Å². The molecule has 1 aromatic heterocycles. The largest absolute Gasteiger partial charge is 0.355 e. The number of nitrogens with zero attached hydrogens (tertiary/aromatic N) is 4. The van der Waals surface area contributed by atoms with Crippen molar-refractivity contribution >= 4 is 22.4 Å². The van der Waals surface area contributed by atoms with Crippen LogP contribution in [0.2, 0.25) is 0 Å². The van der Waals surface area contributed by atoms with Crippen LogP contribution in [0.25, 0.3) is 10.8 Å². The molecule has 0 N–H and O–H groups in total. The zero-order chi connectivity index (χ0) is 14.5. The molecule has 4 heteroatoms. The van der Waals surface area contributed by atoms with Crippen LogP contribution in [0.15, 0.2) is 24.3 Å². The predicted molar refractivity (Wildman–Crippen MR) is 86.7 cm³/mol. The van der Waals surface area contributed by atoms with Gasteiger partial charge >= 0.3 is 0 Å². The second kappa shape index (κ2) is 6.55. The molecule has 0 radical (unpaired) electrons. The Labute approximate surface area is 121 Å². The molecule has 1 aromatic carbocycles. The number of benzene rings is 1. The van der Waals surface area contributed by atoms with Crippen molar-refractivity contribution in [3.63, 3.8) is 0 Å². The van der Waals surface area contributed by atoms with Gasteiger partial charge in [0.1, 0.15) is 0 Å². The number of anilines is 2. The van der Waals surface area contributed by atoms with Gasteiger partial charge in [0.25, 0.3) is 0 Å². The quantitative estimate of drug-likeness (QED) is 0.807.